The zero-order chi connectivity index (χ0) is 14.9. The van der Waals surface area contributed by atoms with Gasteiger partial charge in [-0.15, -0.1) is 0 Å². The highest BCUT2D eigenvalue weighted by molar-refractivity contribution is 8.08. The number of nitrogens with zero attached hydrogens (tertiary/aromatic N) is 2. The monoisotopic (exact) mass is 294 g/mol. The molecule has 1 aromatic carbocycles. The van der Waals surface area contributed by atoms with Crippen molar-refractivity contribution in [2.75, 3.05) is 0 Å². The molecule has 3 nitrogen and oxygen atoms in total. The maximum absolute atomic E-state index is 9.09. The first kappa shape index (κ1) is 13.7. The Bertz CT molecular complexity index is 745. The van der Waals surface area contributed by atoms with E-state index in [2.05, 4.69) is 17.1 Å². The Morgan fingerprint density at radius 1 is 1.24 bits per heavy atom. The van der Waals surface area contributed by atoms with E-state index in [0.717, 1.165) is 21.2 Å². The molecule has 0 radical (unpaired) electrons. The van der Waals surface area contributed by atoms with Crippen LogP contribution in [0.25, 0.3) is 4.91 Å². The fourth-order valence-corrected chi connectivity index (χ4v) is 3.29. The van der Waals surface area contributed by atoms with E-state index >= 15 is 0 Å². The molecule has 0 bridgehead atoms. The minimum Gasteiger partial charge on any atom is -0.483 e. The molecule has 3 rings (SSSR count). The molecular weight excluding hydrogens is 280 g/mol. The van der Waals surface area contributed by atoms with Gasteiger partial charge in [0.25, 0.3) is 0 Å². The van der Waals surface area contributed by atoms with Crippen molar-refractivity contribution in [3.63, 3.8) is 0 Å². The highest BCUT2D eigenvalue weighted by Crippen LogP contribution is 2.44. The number of hydrogen-bond donors (Lipinski definition) is 0. The van der Waals surface area contributed by atoms with Gasteiger partial charge in [0.05, 0.1) is 11.6 Å². The number of pyridine rings is 1. The Kier molecular flexibility index (Phi) is 3.44. The largest absolute Gasteiger partial charge is 0.483 e. The van der Waals surface area contributed by atoms with Gasteiger partial charge < -0.3 is 4.74 Å². The molecule has 2 heterocycles. The first-order chi connectivity index (χ1) is 10.1. The molecule has 0 N–H and O–H groups in total. The molecule has 0 unspecified atom stereocenters. The summed E-state index contributed by atoms with van der Waals surface area (Å²) in [6.45, 7) is 4.04. The van der Waals surface area contributed by atoms with Crippen LogP contribution >= 0.6 is 11.8 Å². The lowest BCUT2D eigenvalue weighted by Crippen LogP contribution is -2.28. The van der Waals surface area contributed by atoms with Gasteiger partial charge in [-0.2, -0.15) is 5.26 Å². The summed E-state index contributed by atoms with van der Waals surface area (Å²) < 4.78 is 5.97. The van der Waals surface area contributed by atoms with Crippen LogP contribution in [0.4, 0.5) is 0 Å². The molecule has 0 atom stereocenters. The van der Waals surface area contributed by atoms with E-state index in [1.165, 1.54) is 0 Å². The lowest BCUT2D eigenvalue weighted by atomic mass is 10.0. The van der Waals surface area contributed by atoms with Gasteiger partial charge in [-0.1, -0.05) is 17.8 Å². The second-order valence-corrected chi connectivity index (χ2v) is 6.37. The van der Waals surface area contributed by atoms with Crippen molar-refractivity contribution in [2.24, 2.45) is 0 Å². The van der Waals surface area contributed by atoms with Crippen molar-refractivity contribution in [3.8, 4) is 11.8 Å². The quantitative estimate of drug-likeness (QED) is 0.830. The summed E-state index contributed by atoms with van der Waals surface area (Å²) in [5, 5.41) is 10.0. The molecule has 0 amide bonds. The van der Waals surface area contributed by atoms with E-state index in [1.54, 1.807) is 24.0 Å². The summed E-state index contributed by atoms with van der Waals surface area (Å²) in [6, 6.07) is 13.5. The SMILES string of the molecule is CC1(C)C=C(Sc2ccccn2)c2cc(C#N)ccc2O1. The van der Waals surface area contributed by atoms with Gasteiger partial charge in [0.15, 0.2) is 0 Å². The molecule has 1 aromatic heterocycles. The van der Waals surface area contributed by atoms with Crippen molar-refractivity contribution in [1.82, 2.24) is 4.98 Å². The van der Waals surface area contributed by atoms with E-state index in [-0.39, 0.29) is 5.60 Å². The minimum atomic E-state index is -0.377. The van der Waals surface area contributed by atoms with Crippen LogP contribution in [-0.2, 0) is 0 Å². The zero-order valence-corrected chi connectivity index (χ0v) is 12.6. The van der Waals surface area contributed by atoms with E-state index < -0.39 is 0 Å². The van der Waals surface area contributed by atoms with Gasteiger partial charge >= 0.3 is 0 Å². The van der Waals surface area contributed by atoms with Crippen LogP contribution in [0, 0.1) is 11.3 Å². The number of ether oxygens (including phenoxy) is 1. The lowest BCUT2D eigenvalue weighted by Gasteiger charge is -2.30. The van der Waals surface area contributed by atoms with Gasteiger partial charge in [-0.25, -0.2) is 4.98 Å². The second-order valence-electron chi connectivity index (χ2n) is 5.31. The van der Waals surface area contributed by atoms with Crippen LogP contribution in [0.5, 0.6) is 5.75 Å². The molecular formula is C17H14N2OS. The third-order valence-electron chi connectivity index (χ3n) is 3.08. The first-order valence-corrected chi connectivity index (χ1v) is 7.44. The normalized spacial score (nSPS) is 15.4. The number of hydrogen-bond acceptors (Lipinski definition) is 4. The Morgan fingerprint density at radius 3 is 2.81 bits per heavy atom. The molecule has 0 saturated carbocycles. The molecule has 0 spiro atoms. The van der Waals surface area contributed by atoms with Crippen molar-refractivity contribution in [3.05, 3.63) is 59.8 Å². The summed E-state index contributed by atoms with van der Waals surface area (Å²) in [5.41, 5.74) is 1.20. The maximum Gasteiger partial charge on any atom is 0.129 e. The number of rotatable bonds is 2. The summed E-state index contributed by atoms with van der Waals surface area (Å²) >= 11 is 1.59. The molecule has 0 aliphatic carbocycles. The van der Waals surface area contributed by atoms with E-state index in [0.29, 0.717) is 5.56 Å². The predicted octanol–water partition coefficient (Wildman–Crippen LogP) is 4.26. The number of thioether (sulfide) groups is 1. The number of nitriles is 1. The topological polar surface area (TPSA) is 45.9 Å². The molecule has 1 aliphatic heterocycles. The predicted molar refractivity (Wildman–Crippen MR) is 83.9 cm³/mol. The van der Waals surface area contributed by atoms with Crippen molar-refractivity contribution in [2.45, 2.75) is 24.5 Å². The van der Waals surface area contributed by atoms with Crippen molar-refractivity contribution in [1.29, 1.82) is 5.26 Å². The van der Waals surface area contributed by atoms with Crippen LogP contribution in [-0.4, -0.2) is 10.6 Å². The smallest absolute Gasteiger partial charge is 0.129 e. The first-order valence-electron chi connectivity index (χ1n) is 6.63. The zero-order valence-electron chi connectivity index (χ0n) is 11.8. The fraction of sp³-hybridized carbons (Fsp3) is 0.176. The third-order valence-corrected chi connectivity index (χ3v) is 4.09. The number of benzene rings is 1. The molecule has 21 heavy (non-hydrogen) atoms. The minimum absolute atomic E-state index is 0.377. The van der Waals surface area contributed by atoms with Crippen molar-refractivity contribution < 1.29 is 4.74 Å². The Morgan fingerprint density at radius 2 is 2.10 bits per heavy atom. The molecule has 2 aromatic rings. The van der Waals surface area contributed by atoms with Crippen LogP contribution in [0.2, 0.25) is 0 Å². The van der Waals surface area contributed by atoms with Crippen LogP contribution in [0.1, 0.15) is 25.0 Å². The average molecular weight is 294 g/mol. The summed E-state index contributed by atoms with van der Waals surface area (Å²) in [7, 11) is 0. The number of aromatic nitrogens is 1. The Balaban J connectivity index is 2.05. The summed E-state index contributed by atoms with van der Waals surface area (Å²) in [6.07, 6.45) is 3.86. The number of fused-ring (bicyclic) bond motifs is 1. The van der Waals surface area contributed by atoms with Gasteiger partial charge in [-0.05, 0) is 50.3 Å². The van der Waals surface area contributed by atoms with E-state index in [1.807, 2.05) is 44.2 Å². The van der Waals surface area contributed by atoms with E-state index in [4.69, 9.17) is 10.00 Å². The molecule has 1 aliphatic rings. The van der Waals surface area contributed by atoms with Gasteiger partial charge in [0.2, 0.25) is 0 Å². The van der Waals surface area contributed by atoms with Crippen molar-refractivity contribution >= 4 is 16.7 Å². The average Bonchev–Trinajstić information content (AvgIpc) is 2.47. The molecule has 0 fully saturated rings. The fourth-order valence-electron chi connectivity index (χ4n) is 2.19. The van der Waals surface area contributed by atoms with Crippen LogP contribution in [0.3, 0.4) is 0 Å². The lowest BCUT2D eigenvalue weighted by molar-refractivity contribution is 0.158. The maximum atomic E-state index is 9.09. The van der Waals surface area contributed by atoms with E-state index in [9.17, 15) is 0 Å². The third kappa shape index (κ3) is 2.93. The molecule has 0 saturated heterocycles. The Labute approximate surface area is 128 Å². The van der Waals surface area contributed by atoms with Gasteiger partial charge in [0.1, 0.15) is 16.4 Å². The highest BCUT2D eigenvalue weighted by Gasteiger charge is 2.27. The van der Waals surface area contributed by atoms with Gasteiger partial charge in [-0.3, -0.25) is 0 Å². The molecule has 104 valence electrons. The Hall–Kier alpha value is -2.25. The van der Waals surface area contributed by atoms with Gasteiger partial charge in [0, 0.05) is 16.7 Å². The highest BCUT2D eigenvalue weighted by atomic mass is 32.2. The standard InChI is InChI=1S/C17H14N2OS/c1-17(2)10-15(21-16-5-3-4-8-19-16)13-9-12(11-18)6-7-14(13)20-17/h3-10H,1-2H3. The summed E-state index contributed by atoms with van der Waals surface area (Å²) in [5.74, 6) is 0.805. The molecule has 4 heteroatoms. The second kappa shape index (κ2) is 5.27. The van der Waals surface area contributed by atoms with Crippen LogP contribution in [0.15, 0.2) is 53.7 Å². The summed E-state index contributed by atoms with van der Waals surface area (Å²) in [4.78, 5) is 5.42. The van der Waals surface area contributed by atoms with Crippen LogP contribution < -0.4 is 4.74 Å².